The van der Waals surface area contributed by atoms with Crippen LogP contribution in [0.2, 0.25) is 10.0 Å². The quantitative estimate of drug-likeness (QED) is 0.664. The zero-order chi connectivity index (χ0) is 23.7. The average molecular weight is 486 g/mol. The van der Waals surface area contributed by atoms with Crippen LogP contribution in [0.1, 0.15) is 31.4 Å². The number of carbonyl (C=O) groups excluding carboxylic acids is 3. The summed E-state index contributed by atoms with van der Waals surface area (Å²) >= 11 is 12.3. The van der Waals surface area contributed by atoms with Gasteiger partial charge in [0.2, 0.25) is 11.8 Å². The molecule has 33 heavy (non-hydrogen) atoms. The van der Waals surface area contributed by atoms with E-state index < -0.39 is 17.4 Å². The molecule has 0 aliphatic carbocycles. The van der Waals surface area contributed by atoms with Crippen LogP contribution in [-0.4, -0.2) is 35.7 Å². The third-order valence-electron chi connectivity index (χ3n) is 7.14. The van der Waals surface area contributed by atoms with E-state index in [0.717, 1.165) is 16.8 Å². The smallest absolute Gasteiger partial charge is 0.253 e. The van der Waals surface area contributed by atoms with Crippen molar-refractivity contribution in [2.24, 2.45) is 17.8 Å². The number of benzene rings is 2. The molecule has 3 amide bonds. The van der Waals surface area contributed by atoms with Gasteiger partial charge in [-0.3, -0.25) is 24.6 Å². The van der Waals surface area contributed by atoms with Gasteiger partial charge >= 0.3 is 0 Å². The topological polar surface area (TPSA) is 69.7 Å². The summed E-state index contributed by atoms with van der Waals surface area (Å²) in [5, 5.41) is 4.38. The zero-order valence-electron chi connectivity index (χ0n) is 18.6. The molecule has 6 nitrogen and oxygen atoms in total. The van der Waals surface area contributed by atoms with Crippen LogP contribution in [0.5, 0.6) is 0 Å². The van der Waals surface area contributed by atoms with Gasteiger partial charge in [-0.25, -0.2) is 0 Å². The Bertz CT molecular complexity index is 1180. The van der Waals surface area contributed by atoms with Gasteiger partial charge in [0.05, 0.1) is 28.4 Å². The van der Waals surface area contributed by atoms with Gasteiger partial charge in [0, 0.05) is 24.3 Å². The Morgan fingerprint density at radius 3 is 2.45 bits per heavy atom. The van der Waals surface area contributed by atoms with E-state index in [4.69, 9.17) is 23.2 Å². The third kappa shape index (κ3) is 3.15. The fraction of sp³-hybridized carbons (Fsp3) is 0.400. The maximum absolute atomic E-state index is 14.2. The summed E-state index contributed by atoms with van der Waals surface area (Å²) in [4.78, 5) is 43.5. The third-order valence-corrected chi connectivity index (χ3v) is 7.88. The lowest BCUT2D eigenvalue weighted by Gasteiger charge is -2.30. The van der Waals surface area contributed by atoms with Crippen molar-refractivity contribution in [3.63, 3.8) is 0 Å². The lowest BCUT2D eigenvalue weighted by atomic mass is 9.76. The maximum Gasteiger partial charge on any atom is 0.253 e. The number of imide groups is 1. The number of nitrogens with zero attached hydrogens (tertiary/aromatic N) is 2. The Morgan fingerprint density at radius 2 is 1.76 bits per heavy atom. The minimum atomic E-state index is -1.27. The van der Waals surface area contributed by atoms with Gasteiger partial charge in [0.1, 0.15) is 5.54 Å². The molecule has 2 aromatic rings. The number of likely N-dealkylation sites (tertiary alicyclic amines) is 1. The second kappa shape index (κ2) is 7.83. The van der Waals surface area contributed by atoms with Crippen molar-refractivity contribution < 1.29 is 14.4 Å². The lowest BCUT2D eigenvalue weighted by Crippen LogP contribution is -2.54. The molecule has 3 heterocycles. The number of halogens is 2. The highest BCUT2D eigenvalue weighted by atomic mass is 35.5. The molecule has 172 valence electrons. The minimum Gasteiger partial charge on any atom is -0.306 e. The number of anilines is 1. The second-order valence-corrected chi connectivity index (χ2v) is 10.4. The Morgan fingerprint density at radius 1 is 1.03 bits per heavy atom. The highest BCUT2D eigenvalue weighted by Gasteiger charge is 2.71. The largest absolute Gasteiger partial charge is 0.306 e. The fourth-order valence-electron chi connectivity index (χ4n) is 5.78. The van der Waals surface area contributed by atoms with E-state index >= 15 is 0 Å². The van der Waals surface area contributed by atoms with Crippen molar-refractivity contribution in [3.8, 4) is 0 Å². The SMILES string of the molecule is CC(C)CC1NC2(C(=O)N(Cc3ccc(Cl)c(Cl)c3)c3ccccc32)C2C(=O)N(C)C(=O)C12. The molecule has 1 N–H and O–H groups in total. The monoisotopic (exact) mass is 485 g/mol. The first kappa shape index (κ1) is 22.4. The summed E-state index contributed by atoms with van der Waals surface area (Å²) in [7, 11) is 1.52. The van der Waals surface area contributed by atoms with E-state index in [1.54, 1.807) is 17.0 Å². The number of nitrogens with one attached hydrogen (secondary N) is 1. The molecule has 2 saturated heterocycles. The molecule has 3 aliphatic rings. The van der Waals surface area contributed by atoms with Crippen LogP contribution >= 0.6 is 23.2 Å². The summed E-state index contributed by atoms with van der Waals surface area (Å²) in [6, 6.07) is 12.5. The van der Waals surface area contributed by atoms with Crippen LogP contribution in [0.25, 0.3) is 0 Å². The molecule has 5 rings (SSSR count). The van der Waals surface area contributed by atoms with Crippen molar-refractivity contribution in [2.75, 3.05) is 11.9 Å². The fourth-order valence-corrected chi connectivity index (χ4v) is 6.10. The number of amides is 3. The molecule has 3 aliphatic heterocycles. The molecule has 8 heteroatoms. The van der Waals surface area contributed by atoms with Crippen molar-refractivity contribution in [1.82, 2.24) is 10.2 Å². The van der Waals surface area contributed by atoms with Crippen LogP contribution in [0.15, 0.2) is 42.5 Å². The molecule has 1 spiro atoms. The molecule has 0 bridgehead atoms. The predicted molar refractivity (Wildman–Crippen MR) is 127 cm³/mol. The molecule has 2 fully saturated rings. The number of carbonyl (C=O) groups is 3. The predicted octanol–water partition coefficient (Wildman–Crippen LogP) is 3.98. The molecule has 4 unspecified atom stereocenters. The summed E-state index contributed by atoms with van der Waals surface area (Å²) in [5.74, 6) is -1.77. The van der Waals surface area contributed by atoms with Gasteiger partial charge < -0.3 is 4.90 Å². The van der Waals surface area contributed by atoms with Gasteiger partial charge in [-0.2, -0.15) is 0 Å². The number of hydrogen-bond acceptors (Lipinski definition) is 4. The van der Waals surface area contributed by atoms with E-state index in [2.05, 4.69) is 19.2 Å². The first-order valence-electron chi connectivity index (χ1n) is 11.1. The van der Waals surface area contributed by atoms with E-state index in [1.165, 1.54) is 11.9 Å². The summed E-state index contributed by atoms with van der Waals surface area (Å²) in [5.41, 5.74) is 1.03. The van der Waals surface area contributed by atoms with Crippen molar-refractivity contribution in [1.29, 1.82) is 0 Å². The summed E-state index contributed by atoms with van der Waals surface area (Å²) in [6.45, 7) is 4.43. The standard InChI is InChI=1S/C25H25Cl2N3O3/c1-13(2)10-18-20-21(23(32)29(3)22(20)31)25(28-18)15-6-4-5-7-19(15)30(24(25)33)12-14-8-9-16(26)17(27)11-14/h4-9,11,13,18,20-21,28H,10,12H2,1-3H3. The van der Waals surface area contributed by atoms with Crippen LogP contribution in [0.3, 0.4) is 0 Å². The Balaban J connectivity index is 1.63. The summed E-state index contributed by atoms with van der Waals surface area (Å²) in [6.07, 6.45) is 0.692. The molecular formula is C25H25Cl2N3O3. The first-order valence-corrected chi connectivity index (χ1v) is 11.9. The molecule has 4 atom stereocenters. The highest BCUT2D eigenvalue weighted by molar-refractivity contribution is 6.42. The minimum absolute atomic E-state index is 0.215. The number of para-hydroxylation sites is 1. The van der Waals surface area contributed by atoms with Gasteiger partial charge in [0.15, 0.2) is 0 Å². The van der Waals surface area contributed by atoms with Crippen molar-refractivity contribution in [3.05, 3.63) is 63.6 Å². The van der Waals surface area contributed by atoms with Crippen LogP contribution < -0.4 is 10.2 Å². The van der Waals surface area contributed by atoms with Crippen molar-refractivity contribution >= 4 is 46.6 Å². The normalized spacial score (nSPS) is 28.4. The van der Waals surface area contributed by atoms with Crippen molar-refractivity contribution in [2.45, 2.75) is 38.4 Å². The molecular weight excluding hydrogens is 461 g/mol. The second-order valence-electron chi connectivity index (χ2n) is 9.58. The number of rotatable bonds is 4. The van der Waals surface area contributed by atoms with E-state index in [9.17, 15) is 14.4 Å². The maximum atomic E-state index is 14.2. The van der Waals surface area contributed by atoms with Crippen LogP contribution in [0.4, 0.5) is 5.69 Å². The zero-order valence-corrected chi connectivity index (χ0v) is 20.2. The highest BCUT2D eigenvalue weighted by Crippen LogP contribution is 2.55. The average Bonchev–Trinajstić information content (AvgIpc) is 3.31. The van der Waals surface area contributed by atoms with E-state index in [-0.39, 0.29) is 30.3 Å². The first-order chi connectivity index (χ1) is 15.7. The van der Waals surface area contributed by atoms with Crippen LogP contribution in [-0.2, 0) is 26.5 Å². The van der Waals surface area contributed by atoms with Crippen LogP contribution in [0, 0.1) is 17.8 Å². The van der Waals surface area contributed by atoms with Gasteiger partial charge in [-0.1, -0.05) is 61.3 Å². The Hall–Kier alpha value is -2.41. The Labute approximate surface area is 202 Å². The lowest BCUT2D eigenvalue weighted by molar-refractivity contribution is -0.141. The number of fused-ring (bicyclic) bond motifs is 4. The number of hydrogen-bond donors (Lipinski definition) is 1. The molecule has 0 saturated carbocycles. The van der Waals surface area contributed by atoms with Gasteiger partial charge in [0.25, 0.3) is 5.91 Å². The van der Waals surface area contributed by atoms with Gasteiger partial charge in [-0.05, 0) is 36.1 Å². The Kier molecular flexibility index (Phi) is 5.31. The molecule has 0 aromatic heterocycles. The van der Waals surface area contributed by atoms with E-state index in [1.807, 2.05) is 30.3 Å². The molecule has 2 aromatic carbocycles. The summed E-state index contributed by atoms with van der Waals surface area (Å²) < 4.78 is 0. The molecule has 0 radical (unpaired) electrons. The van der Waals surface area contributed by atoms with Gasteiger partial charge in [-0.15, -0.1) is 0 Å². The van der Waals surface area contributed by atoms with E-state index in [0.29, 0.717) is 22.4 Å².